The lowest BCUT2D eigenvalue weighted by Crippen LogP contribution is -2.48. The second-order valence-corrected chi connectivity index (χ2v) is 8.68. The molecule has 3 aromatic rings. The van der Waals surface area contributed by atoms with Gasteiger partial charge in [-0.2, -0.15) is 0 Å². The number of imide groups is 1. The molecule has 0 radical (unpaired) electrons. The number of carbonyl (C=O) groups excluding carboxylic acids is 2. The zero-order valence-electron chi connectivity index (χ0n) is 18.8. The van der Waals surface area contributed by atoms with Crippen molar-refractivity contribution in [1.82, 2.24) is 10.3 Å². The number of aromatic nitrogens is 1. The fourth-order valence-corrected chi connectivity index (χ4v) is 4.49. The third-order valence-electron chi connectivity index (χ3n) is 6.17. The van der Waals surface area contributed by atoms with Crippen LogP contribution in [0.15, 0.2) is 60.8 Å². The van der Waals surface area contributed by atoms with Crippen LogP contribution in [0.25, 0.3) is 0 Å². The van der Waals surface area contributed by atoms with E-state index in [1.807, 2.05) is 16.3 Å². The maximum Gasteiger partial charge on any atom is 0.326 e. The lowest BCUT2D eigenvalue weighted by atomic mass is 9.73. The molecule has 1 saturated heterocycles. The Morgan fingerprint density at radius 1 is 1.00 bits per heavy atom. The number of carbonyl (C=O) groups is 3. The third-order valence-corrected chi connectivity index (χ3v) is 6.48. The Hall–Kier alpha value is -4.05. The second kappa shape index (κ2) is 10.3. The summed E-state index contributed by atoms with van der Waals surface area (Å²) in [5.41, 5.74) is -0.431. The molecule has 3 N–H and O–H groups in total. The average molecular weight is 515 g/mol. The summed E-state index contributed by atoms with van der Waals surface area (Å²) in [5, 5.41) is 14.2. The van der Waals surface area contributed by atoms with Gasteiger partial charge in [-0.1, -0.05) is 41.9 Å². The van der Waals surface area contributed by atoms with E-state index in [-0.39, 0.29) is 10.7 Å². The number of piperidine rings is 1. The van der Waals surface area contributed by atoms with Crippen LogP contribution in [0.4, 0.5) is 25.1 Å². The fourth-order valence-electron chi connectivity index (χ4n) is 4.25. The number of carboxylic acids is 1. The number of benzene rings is 2. The average Bonchev–Trinajstić information content (AvgIpc) is 2.87. The zero-order chi connectivity index (χ0) is 25.9. The predicted octanol–water partition coefficient (Wildman–Crippen LogP) is 4.60. The zero-order valence-corrected chi connectivity index (χ0v) is 19.6. The van der Waals surface area contributed by atoms with Crippen LogP contribution in [0.1, 0.15) is 28.8 Å². The monoisotopic (exact) mass is 514 g/mol. The molecule has 0 unspecified atom stereocenters. The molecule has 0 saturated carbocycles. The summed E-state index contributed by atoms with van der Waals surface area (Å²) < 4.78 is 26.8. The molecule has 2 aromatic carbocycles. The van der Waals surface area contributed by atoms with E-state index in [2.05, 4.69) is 10.3 Å². The molecule has 4 rings (SSSR count). The molecule has 0 bridgehead atoms. The maximum atomic E-state index is 13.5. The molecule has 0 atom stereocenters. The lowest BCUT2D eigenvalue weighted by Gasteiger charge is -2.40. The van der Waals surface area contributed by atoms with E-state index in [0.717, 1.165) is 5.56 Å². The first kappa shape index (κ1) is 25.1. The van der Waals surface area contributed by atoms with Gasteiger partial charge in [0, 0.05) is 19.3 Å². The topological polar surface area (TPSA) is 112 Å². The van der Waals surface area contributed by atoms with Crippen molar-refractivity contribution in [2.45, 2.75) is 18.3 Å². The van der Waals surface area contributed by atoms with Crippen molar-refractivity contribution in [3.63, 3.8) is 0 Å². The van der Waals surface area contributed by atoms with E-state index in [4.69, 9.17) is 11.6 Å². The Morgan fingerprint density at radius 3 is 2.33 bits per heavy atom. The van der Waals surface area contributed by atoms with Crippen LogP contribution < -0.4 is 15.5 Å². The van der Waals surface area contributed by atoms with Crippen molar-refractivity contribution in [3.8, 4) is 0 Å². The first-order chi connectivity index (χ1) is 17.2. The summed E-state index contributed by atoms with van der Waals surface area (Å²) >= 11 is 5.80. The second-order valence-electron chi connectivity index (χ2n) is 8.27. The van der Waals surface area contributed by atoms with Gasteiger partial charge < -0.3 is 15.3 Å². The minimum Gasteiger partial charge on any atom is -0.481 e. The molecule has 36 heavy (non-hydrogen) atoms. The van der Waals surface area contributed by atoms with Gasteiger partial charge in [0.15, 0.2) is 17.5 Å². The Kier molecular flexibility index (Phi) is 7.16. The van der Waals surface area contributed by atoms with Crippen LogP contribution in [0.5, 0.6) is 0 Å². The van der Waals surface area contributed by atoms with E-state index in [9.17, 15) is 28.3 Å². The number of carboxylic acid groups (broad SMARTS) is 1. The standard InChI is InChI=1S/C25H21ClF2N4O4/c26-17-14-19(28)18(27)13-16(17)22(33)31-24(36)30-20-7-4-10-29-21(20)32-11-8-25(9-12-32,23(34)35)15-5-2-1-3-6-15/h1-7,10,13-14H,8-9,11-12H2,(H,34,35)(H2,30,31,33,36). The highest BCUT2D eigenvalue weighted by molar-refractivity contribution is 6.34. The number of aliphatic carboxylic acids is 1. The predicted molar refractivity (Wildman–Crippen MR) is 129 cm³/mol. The van der Waals surface area contributed by atoms with Gasteiger partial charge in [0.25, 0.3) is 5.91 Å². The van der Waals surface area contributed by atoms with E-state index in [1.165, 1.54) is 6.20 Å². The SMILES string of the molecule is O=C(NC(=O)c1cc(F)c(F)cc1Cl)Nc1cccnc1N1CCC(C(=O)O)(c2ccccc2)CC1. The summed E-state index contributed by atoms with van der Waals surface area (Å²) in [6.45, 7) is 0.718. The Morgan fingerprint density at radius 2 is 1.67 bits per heavy atom. The van der Waals surface area contributed by atoms with Crippen LogP contribution in [-0.4, -0.2) is 41.1 Å². The van der Waals surface area contributed by atoms with Gasteiger partial charge in [0.05, 0.1) is 21.7 Å². The molecular weight excluding hydrogens is 494 g/mol. The summed E-state index contributed by atoms with van der Waals surface area (Å²) in [7, 11) is 0. The van der Waals surface area contributed by atoms with Crippen molar-refractivity contribution >= 4 is 41.0 Å². The molecule has 11 heteroatoms. The molecule has 1 aliphatic rings. The summed E-state index contributed by atoms with van der Waals surface area (Å²) in [5.74, 6) is -4.02. The third kappa shape index (κ3) is 4.99. The minimum absolute atomic E-state index is 0.279. The van der Waals surface area contributed by atoms with E-state index < -0.39 is 40.5 Å². The van der Waals surface area contributed by atoms with Gasteiger partial charge >= 0.3 is 12.0 Å². The van der Waals surface area contributed by atoms with Gasteiger partial charge in [0.2, 0.25) is 0 Å². The highest BCUT2D eigenvalue weighted by Gasteiger charge is 2.43. The molecule has 3 amide bonds. The smallest absolute Gasteiger partial charge is 0.326 e. The molecular formula is C25H21ClF2N4O4. The molecule has 0 spiro atoms. The highest BCUT2D eigenvalue weighted by Crippen LogP contribution is 2.38. The van der Waals surface area contributed by atoms with Gasteiger partial charge in [-0.05, 0) is 42.7 Å². The lowest BCUT2D eigenvalue weighted by molar-refractivity contribution is -0.144. The van der Waals surface area contributed by atoms with Crippen molar-refractivity contribution in [3.05, 3.63) is 88.6 Å². The number of nitrogens with zero attached hydrogens (tertiary/aromatic N) is 2. The normalized spacial score (nSPS) is 14.7. The number of rotatable bonds is 5. The van der Waals surface area contributed by atoms with Crippen molar-refractivity contribution in [2.24, 2.45) is 0 Å². The van der Waals surface area contributed by atoms with Gasteiger partial charge in [0.1, 0.15) is 0 Å². The summed E-state index contributed by atoms with van der Waals surface area (Å²) in [6.07, 6.45) is 2.17. The summed E-state index contributed by atoms with van der Waals surface area (Å²) in [6, 6.07) is 12.5. The summed E-state index contributed by atoms with van der Waals surface area (Å²) in [4.78, 5) is 43.3. The molecule has 186 valence electrons. The van der Waals surface area contributed by atoms with Crippen LogP contribution in [0.2, 0.25) is 5.02 Å². The van der Waals surface area contributed by atoms with Crippen molar-refractivity contribution in [2.75, 3.05) is 23.3 Å². The maximum absolute atomic E-state index is 13.5. The largest absolute Gasteiger partial charge is 0.481 e. The number of halogens is 3. The van der Waals surface area contributed by atoms with Crippen molar-refractivity contribution in [1.29, 1.82) is 0 Å². The number of hydrogen-bond acceptors (Lipinski definition) is 5. The van der Waals surface area contributed by atoms with Crippen LogP contribution >= 0.6 is 11.6 Å². The van der Waals surface area contributed by atoms with E-state index in [1.54, 1.807) is 36.4 Å². The molecule has 0 aliphatic carbocycles. The van der Waals surface area contributed by atoms with Gasteiger partial charge in [-0.25, -0.2) is 18.6 Å². The number of urea groups is 1. The molecule has 1 aliphatic heterocycles. The van der Waals surface area contributed by atoms with Crippen LogP contribution in [0, 0.1) is 11.6 Å². The van der Waals surface area contributed by atoms with Crippen LogP contribution in [0.3, 0.4) is 0 Å². The number of anilines is 2. The molecule has 1 fully saturated rings. The number of nitrogens with one attached hydrogen (secondary N) is 2. The first-order valence-electron chi connectivity index (χ1n) is 11.0. The number of amides is 3. The van der Waals surface area contributed by atoms with Gasteiger partial charge in [-0.15, -0.1) is 0 Å². The van der Waals surface area contributed by atoms with Gasteiger partial charge in [-0.3, -0.25) is 14.9 Å². The Balaban J connectivity index is 1.47. The first-order valence-corrected chi connectivity index (χ1v) is 11.3. The quantitative estimate of drug-likeness (QED) is 0.429. The Bertz CT molecular complexity index is 1310. The number of hydrogen-bond donors (Lipinski definition) is 3. The molecule has 1 aromatic heterocycles. The molecule has 8 nitrogen and oxygen atoms in total. The molecule has 2 heterocycles. The number of pyridine rings is 1. The fraction of sp³-hybridized carbons (Fsp3) is 0.200. The minimum atomic E-state index is -1.28. The van der Waals surface area contributed by atoms with E-state index in [0.29, 0.717) is 43.9 Å². The highest BCUT2D eigenvalue weighted by atomic mass is 35.5. The van der Waals surface area contributed by atoms with E-state index >= 15 is 0 Å². The Labute approximate surface area is 209 Å². The van der Waals surface area contributed by atoms with Crippen LogP contribution in [-0.2, 0) is 10.2 Å². The van der Waals surface area contributed by atoms with Crippen molar-refractivity contribution < 1.29 is 28.3 Å².